The van der Waals surface area contributed by atoms with Crippen molar-refractivity contribution in [2.75, 3.05) is 16.6 Å². The second-order valence-corrected chi connectivity index (χ2v) is 6.57. The summed E-state index contributed by atoms with van der Waals surface area (Å²) in [6.45, 7) is 1.86. The van der Waals surface area contributed by atoms with E-state index in [0.29, 0.717) is 11.4 Å². The molecule has 0 aliphatic carbocycles. The van der Waals surface area contributed by atoms with Crippen molar-refractivity contribution < 1.29 is 12.8 Å². The Hall–Kier alpha value is -1.79. The van der Waals surface area contributed by atoms with Crippen LogP contribution in [0.4, 0.5) is 15.8 Å². The highest BCUT2D eigenvalue weighted by Gasteiger charge is 2.26. The highest BCUT2D eigenvalue weighted by Crippen LogP contribution is 2.29. The van der Waals surface area contributed by atoms with Crippen molar-refractivity contribution >= 4 is 33.0 Å². The minimum absolute atomic E-state index is 0.0738. The summed E-state index contributed by atoms with van der Waals surface area (Å²) in [7, 11) is -3.87. The Kier molecular flexibility index (Phi) is 4.39. The molecule has 2 aromatic rings. The Morgan fingerprint density at radius 3 is 2.38 bits per heavy atom. The van der Waals surface area contributed by atoms with E-state index in [4.69, 9.17) is 17.3 Å². The lowest BCUT2D eigenvalue weighted by atomic mass is 10.3. The summed E-state index contributed by atoms with van der Waals surface area (Å²) < 4.78 is 39.6. The summed E-state index contributed by atoms with van der Waals surface area (Å²) >= 11 is 5.97. The first-order valence-electron chi connectivity index (χ1n) is 6.19. The van der Waals surface area contributed by atoms with Gasteiger partial charge in [-0.15, -0.1) is 0 Å². The SMILES string of the molecule is CCN(c1ccc(F)cc1)S(=O)(=O)c1cc(N)ccc1Cl. The zero-order valence-electron chi connectivity index (χ0n) is 11.3. The molecule has 112 valence electrons. The number of nitrogen functional groups attached to an aromatic ring is 1. The van der Waals surface area contributed by atoms with E-state index in [1.807, 2.05) is 0 Å². The van der Waals surface area contributed by atoms with Crippen molar-refractivity contribution in [3.05, 3.63) is 53.3 Å². The van der Waals surface area contributed by atoms with Gasteiger partial charge in [0.15, 0.2) is 0 Å². The van der Waals surface area contributed by atoms with Crippen LogP contribution in [0, 0.1) is 5.82 Å². The van der Waals surface area contributed by atoms with E-state index in [-0.39, 0.29) is 16.5 Å². The van der Waals surface area contributed by atoms with Crippen molar-refractivity contribution in [3.8, 4) is 0 Å². The van der Waals surface area contributed by atoms with Gasteiger partial charge in [0, 0.05) is 12.2 Å². The molecule has 2 aromatic carbocycles. The Morgan fingerprint density at radius 2 is 1.81 bits per heavy atom. The molecule has 21 heavy (non-hydrogen) atoms. The van der Waals surface area contributed by atoms with Gasteiger partial charge >= 0.3 is 0 Å². The molecule has 0 bridgehead atoms. The highest BCUT2D eigenvalue weighted by molar-refractivity contribution is 7.93. The van der Waals surface area contributed by atoms with E-state index >= 15 is 0 Å². The molecule has 2 rings (SSSR count). The van der Waals surface area contributed by atoms with Gasteiger partial charge in [-0.05, 0) is 49.4 Å². The summed E-state index contributed by atoms with van der Waals surface area (Å²) in [5.74, 6) is -0.436. The number of hydrogen-bond acceptors (Lipinski definition) is 3. The van der Waals surface area contributed by atoms with Crippen LogP contribution in [0.3, 0.4) is 0 Å². The van der Waals surface area contributed by atoms with Crippen LogP contribution in [0.2, 0.25) is 5.02 Å². The van der Waals surface area contributed by atoms with Crippen molar-refractivity contribution in [2.45, 2.75) is 11.8 Å². The predicted octanol–water partition coefficient (Wildman–Crippen LogP) is 3.28. The van der Waals surface area contributed by atoms with Gasteiger partial charge in [0.25, 0.3) is 10.0 Å². The molecule has 2 N–H and O–H groups in total. The lowest BCUT2D eigenvalue weighted by molar-refractivity contribution is 0.591. The van der Waals surface area contributed by atoms with E-state index in [1.165, 1.54) is 42.5 Å². The molecule has 0 amide bonds. The number of rotatable bonds is 4. The second-order valence-electron chi connectivity index (χ2n) is 4.34. The molecule has 0 saturated carbocycles. The molecular weight excluding hydrogens is 315 g/mol. The van der Waals surface area contributed by atoms with E-state index in [2.05, 4.69) is 0 Å². The summed E-state index contributed by atoms with van der Waals surface area (Å²) in [5, 5.41) is 0.0877. The van der Waals surface area contributed by atoms with E-state index < -0.39 is 15.8 Å². The first kappa shape index (κ1) is 15.6. The van der Waals surface area contributed by atoms with Crippen LogP contribution < -0.4 is 10.0 Å². The van der Waals surface area contributed by atoms with Gasteiger partial charge in [-0.2, -0.15) is 0 Å². The second kappa shape index (κ2) is 5.91. The molecule has 0 spiro atoms. The molecular formula is C14H14ClFN2O2S. The normalized spacial score (nSPS) is 11.4. The third kappa shape index (κ3) is 3.11. The number of benzene rings is 2. The van der Waals surface area contributed by atoms with E-state index in [9.17, 15) is 12.8 Å². The zero-order chi connectivity index (χ0) is 15.6. The first-order chi connectivity index (χ1) is 9.86. The molecule has 0 atom stereocenters. The minimum atomic E-state index is -3.87. The van der Waals surface area contributed by atoms with Gasteiger partial charge in [0.2, 0.25) is 0 Å². The highest BCUT2D eigenvalue weighted by atomic mass is 35.5. The number of nitrogens with zero attached hydrogens (tertiary/aromatic N) is 1. The van der Waals surface area contributed by atoms with Gasteiger partial charge in [0.05, 0.1) is 10.7 Å². The lowest BCUT2D eigenvalue weighted by Crippen LogP contribution is -2.31. The fraction of sp³-hybridized carbons (Fsp3) is 0.143. The predicted molar refractivity (Wildman–Crippen MR) is 82.5 cm³/mol. The van der Waals surface area contributed by atoms with Crippen LogP contribution in [0.25, 0.3) is 0 Å². The lowest BCUT2D eigenvalue weighted by Gasteiger charge is -2.23. The fourth-order valence-electron chi connectivity index (χ4n) is 1.94. The van der Waals surface area contributed by atoms with Gasteiger partial charge in [-0.25, -0.2) is 12.8 Å². The maximum absolute atomic E-state index is 13.0. The van der Waals surface area contributed by atoms with Crippen LogP contribution in [0.5, 0.6) is 0 Å². The average molecular weight is 329 g/mol. The van der Waals surface area contributed by atoms with Gasteiger partial charge in [-0.1, -0.05) is 11.6 Å². The van der Waals surface area contributed by atoms with Crippen molar-refractivity contribution in [3.63, 3.8) is 0 Å². The maximum atomic E-state index is 13.0. The number of hydrogen-bond donors (Lipinski definition) is 1. The average Bonchev–Trinajstić information content (AvgIpc) is 2.44. The first-order valence-corrected chi connectivity index (χ1v) is 8.01. The standard InChI is InChI=1S/C14H14ClFN2O2S/c1-2-18(12-6-3-10(16)4-7-12)21(19,20)14-9-11(17)5-8-13(14)15/h3-9H,2,17H2,1H3. The molecule has 0 aliphatic heterocycles. The molecule has 4 nitrogen and oxygen atoms in total. The quantitative estimate of drug-likeness (QED) is 0.876. The van der Waals surface area contributed by atoms with Crippen molar-refractivity contribution in [1.82, 2.24) is 0 Å². The largest absolute Gasteiger partial charge is 0.399 e. The molecule has 0 saturated heterocycles. The number of nitrogens with two attached hydrogens (primary N) is 1. The van der Waals surface area contributed by atoms with E-state index in [1.54, 1.807) is 6.92 Å². The number of anilines is 2. The van der Waals surface area contributed by atoms with Crippen LogP contribution in [0.15, 0.2) is 47.4 Å². The molecule has 0 heterocycles. The Labute approximate surface area is 128 Å². The van der Waals surface area contributed by atoms with E-state index in [0.717, 1.165) is 4.31 Å². The Bertz CT molecular complexity index is 748. The number of halogens is 2. The van der Waals surface area contributed by atoms with Crippen LogP contribution in [-0.2, 0) is 10.0 Å². The molecule has 0 radical (unpaired) electrons. The topological polar surface area (TPSA) is 63.4 Å². The van der Waals surface area contributed by atoms with Gasteiger partial charge in [-0.3, -0.25) is 4.31 Å². The third-order valence-electron chi connectivity index (χ3n) is 2.93. The molecule has 0 aliphatic rings. The maximum Gasteiger partial charge on any atom is 0.265 e. The molecule has 0 fully saturated rings. The summed E-state index contributed by atoms with van der Waals surface area (Å²) in [5.41, 5.74) is 6.29. The van der Waals surface area contributed by atoms with Crippen LogP contribution >= 0.6 is 11.6 Å². The smallest absolute Gasteiger partial charge is 0.265 e. The summed E-state index contributed by atoms with van der Waals surface area (Å²) in [4.78, 5) is -0.0738. The minimum Gasteiger partial charge on any atom is -0.399 e. The Morgan fingerprint density at radius 1 is 1.19 bits per heavy atom. The van der Waals surface area contributed by atoms with Crippen molar-refractivity contribution in [1.29, 1.82) is 0 Å². The Balaban J connectivity index is 2.54. The van der Waals surface area contributed by atoms with Gasteiger partial charge in [0.1, 0.15) is 10.7 Å². The summed E-state index contributed by atoms with van der Waals surface area (Å²) in [6.07, 6.45) is 0. The van der Waals surface area contributed by atoms with Crippen LogP contribution in [-0.4, -0.2) is 15.0 Å². The van der Waals surface area contributed by atoms with Crippen molar-refractivity contribution in [2.24, 2.45) is 0 Å². The fourth-order valence-corrected chi connectivity index (χ4v) is 3.92. The molecule has 0 aromatic heterocycles. The monoisotopic (exact) mass is 328 g/mol. The van der Waals surface area contributed by atoms with Crippen LogP contribution in [0.1, 0.15) is 6.92 Å². The van der Waals surface area contributed by atoms with Gasteiger partial charge < -0.3 is 5.73 Å². The molecule has 0 unspecified atom stereocenters. The molecule has 7 heteroatoms. The third-order valence-corrected chi connectivity index (χ3v) is 5.31. The zero-order valence-corrected chi connectivity index (χ0v) is 12.8. The summed E-state index contributed by atoms with van der Waals surface area (Å²) in [6, 6.07) is 9.47. The number of sulfonamides is 1.